The largest absolute Gasteiger partial charge is 0.508 e. The summed E-state index contributed by atoms with van der Waals surface area (Å²) in [5.74, 6) is -10.6. The Labute approximate surface area is 481 Å². The van der Waals surface area contributed by atoms with E-state index in [2.05, 4.69) is 15.6 Å². The van der Waals surface area contributed by atoms with Crippen molar-refractivity contribution in [3.8, 4) is 23.0 Å². The highest BCUT2D eigenvalue weighted by molar-refractivity contribution is 5.97. The molecule has 84 heavy (non-hydrogen) atoms. The third-order valence-corrected chi connectivity index (χ3v) is 21.7. The molecule has 1 amide bonds. The lowest BCUT2D eigenvalue weighted by Gasteiger charge is -2.67. The lowest BCUT2D eigenvalue weighted by molar-refractivity contribution is -0.286. The van der Waals surface area contributed by atoms with Gasteiger partial charge >= 0.3 is 29.8 Å². The fraction of sp³-hybridized carbons (Fsp3) is 0.574. The van der Waals surface area contributed by atoms with Gasteiger partial charge in [-0.3, -0.25) is 23.9 Å². The summed E-state index contributed by atoms with van der Waals surface area (Å²) in [4.78, 5) is 81.8. The molecule has 23 nitrogen and oxygen atoms in total. The minimum Gasteiger partial charge on any atom is -0.508 e. The topological polar surface area (TPSA) is 316 Å². The normalized spacial score (nSPS) is 42.4. The van der Waals surface area contributed by atoms with Crippen molar-refractivity contribution >= 4 is 35.8 Å². The number of epoxide rings is 2. The molecule has 0 radical (unpaired) electrons. The summed E-state index contributed by atoms with van der Waals surface area (Å²) in [6.45, 7) is 12.5. The Hall–Kier alpha value is -7.18. The standard InChI is InChI=1S/C61H66N4O19/c1-25-42-45(58(7)59(8,75)55(74)84-61(58)51(25)82-61)48(72)43-41-44(50(77-26(2)66)53(57(42,43)6)79-28(4)68)56(5)36(22-39-49(81-39)52(56)78-27(3)67)46(47(41)71)62-40(70)14-11-19-65-23-29(63-64-65)24-76-31-16-18-35-38(21-31)80-37-20-30(69)15-17-34(37)60(35)33-13-10-9-12-32(33)54(73)83-60/h9-10,12-13,15-18,20-21,23,25,36,39,41-53,69,71-72,75H,11,14,19,22,24H2,1-8H3,(H,62,70)/t25-,36+,39-,41-,42-,43+,44?,45-,46-,47+,48+,49-,50-,51+,52-,53-,56-,57+,58-,59+,60?,61-/m0/s1. The zero-order chi connectivity index (χ0) is 59.3. The SMILES string of the molecule is CC(=O)O[C@H]1C2[C@@H]([C@@H](O)[C@@H](NC(=O)CCCn3cc(COc4ccc5c(c4)Oc4cc(O)ccc4C54OC(=O)c5ccccc54)nn3)[C@H]3C[C@@H]4O[C@@H]4[C@H](OC(C)=O)[C@]23C)[C@@H]2[C@@H](O)[C@@H]3[C@H]([C@H](C)[C@H]4O[C@]45OC(=O)[C@@](C)(O)[C@]35C)[C@@]2(C)[C@H]1OC(C)=O. The number of phenols is 1. The number of carbonyl (C=O) groups excluding carboxylic acids is 6. The number of ether oxygens (including phenoxy) is 9. The highest BCUT2D eigenvalue weighted by Gasteiger charge is 2.93. The average molecular weight is 1160 g/mol. The lowest BCUT2D eigenvalue weighted by atomic mass is 9.40. The van der Waals surface area contributed by atoms with Gasteiger partial charge in [-0.15, -0.1) is 5.10 Å². The molecule has 1 aromatic heterocycles. The van der Waals surface area contributed by atoms with Crippen molar-refractivity contribution in [1.29, 1.82) is 0 Å². The predicted octanol–water partition coefficient (Wildman–Crippen LogP) is 3.89. The second-order valence-electron chi connectivity index (χ2n) is 25.8. The van der Waals surface area contributed by atoms with Gasteiger partial charge in [0.15, 0.2) is 11.2 Å². The summed E-state index contributed by atoms with van der Waals surface area (Å²) in [7, 11) is 0. The first kappa shape index (κ1) is 54.7. The summed E-state index contributed by atoms with van der Waals surface area (Å²) < 4.78 is 57.7. The van der Waals surface area contributed by atoms with Gasteiger partial charge in [-0.25, -0.2) is 9.59 Å². The van der Waals surface area contributed by atoms with Crippen molar-refractivity contribution in [2.75, 3.05) is 0 Å². The van der Waals surface area contributed by atoms with Crippen LogP contribution in [-0.4, -0.2) is 137 Å². The Balaban J connectivity index is 0.730. The molecule has 5 N–H and O–H groups in total. The number of aromatic hydroxyl groups is 1. The molecule has 5 aliphatic carbocycles. The zero-order valence-corrected chi connectivity index (χ0v) is 47.4. The molecule has 5 saturated carbocycles. The van der Waals surface area contributed by atoms with Crippen LogP contribution < -0.4 is 14.8 Å². The number of rotatable bonds is 11. The number of hydrogen-bond acceptors (Lipinski definition) is 21. The van der Waals surface area contributed by atoms with Gasteiger partial charge in [-0.1, -0.05) is 44.2 Å². The number of nitrogens with zero attached hydrogens (tertiary/aromatic N) is 3. The maximum absolute atomic E-state index is 14.5. The molecule has 3 aromatic carbocycles. The maximum atomic E-state index is 14.5. The van der Waals surface area contributed by atoms with Gasteiger partial charge in [0, 0.05) is 91.1 Å². The number of hydrogen-bond donors (Lipinski definition) is 5. The number of carbonyl (C=O) groups is 6. The van der Waals surface area contributed by atoms with Crippen LogP contribution in [0.5, 0.6) is 23.0 Å². The average Bonchev–Trinajstić information content (AvgIpc) is 1.44. The van der Waals surface area contributed by atoms with Crippen LogP contribution in [0.15, 0.2) is 66.9 Å². The Morgan fingerprint density at radius 1 is 0.810 bits per heavy atom. The number of phenolic OH excluding ortho intramolecular Hbond substituents is 1. The first-order valence-corrected chi connectivity index (χ1v) is 28.8. The van der Waals surface area contributed by atoms with E-state index in [9.17, 15) is 49.2 Å². The van der Waals surface area contributed by atoms with E-state index in [1.807, 2.05) is 32.9 Å². The Kier molecular flexibility index (Phi) is 11.8. The van der Waals surface area contributed by atoms with Crippen molar-refractivity contribution in [1.82, 2.24) is 20.3 Å². The number of fused-ring (bicyclic) bond motifs is 15. The third kappa shape index (κ3) is 7.15. The summed E-state index contributed by atoms with van der Waals surface area (Å²) in [6.07, 6.45) is -6.15. The Morgan fingerprint density at radius 3 is 2.25 bits per heavy atom. The second-order valence-corrected chi connectivity index (χ2v) is 25.8. The van der Waals surface area contributed by atoms with Crippen molar-refractivity contribution in [2.45, 2.75) is 160 Å². The molecule has 0 bridgehead atoms. The quantitative estimate of drug-likeness (QED) is 0.0808. The molecule has 6 heterocycles. The first-order valence-electron chi connectivity index (χ1n) is 28.8. The highest BCUT2D eigenvalue weighted by atomic mass is 16.8. The highest BCUT2D eigenvalue weighted by Crippen LogP contribution is 2.81. The van der Waals surface area contributed by atoms with E-state index in [1.165, 1.54) is 39.8 Å². The van der Waals surface area contributed by atoms with Gasteiger partial charge in [0.25, 0.3) is 0 Å². The molecular weight excluding hydrogens is 1090 g/mol. The van der Waals surface area contributed by atoms with Gasteiger partial charge in [-0.05, 0) is 80.7 Å². The zero-order valence-electron chi connectivity index (χ0n) is 47.4. The van der Waals surface area contributed by atoms with Crippen LogP contribution in [0.2, 0.25) is 0 Å². The van der Waals surface area contributed by atoms with Gasteiger partial charge < -0.3 is 68.4 Å². The van der Waals surface area contributed by atoms with Gasteiger partial charge in [-0.2, -0.15) is 0 Å². The molecule has 2 unspecified atom stereocenters. The smallest absolute Gasteiger partial charge is 0.341 e. The predicted molar refractivity (Wildman–Crippen MR) is 283 cm³/mol. The van der Waals surface area contributed by atoms with E-state index in [1.54, 1.807) is 54.2 Å². The van der Waals surface area contributed by atoms with E-state index in [-0.39, 0.29) is 38.2 Å². The maximum Gasteiger partial charge on any atom is 0.341 e. The van der Waals surface area contributed by atoms with E-state index >= 15 is 0 Å². The number of aliphatic hydroxyl groups excluding tert-OH is 2. The Bertz CT molecular complexity index is 3520. The van der Waals surface area contributed by atoms with E-state index in [4.69, 9.17) is 42.6 Å². The summed E-state index contributed by atoms with van der Waals surface area (Å²) in [5, 5.41) is 61.2. The van der Waals surface area contributed by atoms with Crippen molar-refractivity contribution < 1.29 is 91.8 Å². The molecule has 3 saturated heterocycles. The van der Waals surface area contributed by atoms with Crippen LogP contribution in [0, 0.1) is 57.7 Å². The summed E-state index contributed by atoms with van der Waals surface area (Å²) in [5.41, 5.74) is -5.14. The molecule has 4 aromatic rings. The molecule has 23 heteroatoms. The third-order valence-electron chi connectivity index (χ3n) is 21.7. The van der Waals surface area contributed by atoms with Crippen LogP contribution in [0.3, 0.4) is 0 Å². The monoisotopic (exact) mass is 1160 g/mol. The number of benzene rings is 3. The molecule has 14 rings (SSSR count). The fourth-order valence-corrected chi connectivity index (χ4v) is 18.4. The first-order chi connectivity index (χ1) is 39.8. The molecule has 5 aliphatic heterocycles. The number of amides is 1. The number of aryl methyl sites for hydroxylation is 1. The fourth-order valence-electron chi connectivity index (χ4n) is 18.4. The number of esters is 5. The molecule has 22 atom stereocenters. The molecule has 2 spiro atoms. The number of aromatic nitrogens is 3. The molecule has 444 valence electrons. The van der Waals surface area contributed by atoms with Gasteiger partial charge in [0.1, 0.15) is 65.8 Å². The van der Waals surface area contributed by atoms with Gasteiger partial charge in [0.05, 0.1) is 41.5 Å². The minimum atomic E-state index is -2.18. The van der Waals surface area contributed by atoms with Gasteiger partial charge in [0.2, 0.25) is 11.7 Å². The van der Waals surface area contributed by atoms with Crippen LogP contribution in [-0.2, 0) is 75.9 Å². The molecule has 8 fully saturated rings. The molecular formula is C61H66N4O19. The lowest BCUT2D eigenvalue weighted by Crippen LogP contribution is -2.77. The van der Waals surface area contributed by atoms with E-state index < -0.39 is 165 Å². The van der Waals surface area contributed by atoms with Crippen LogP contribution in [0.25, 0.3) is 0 Å². The summed E-state index contributed by atoms with van der Waals surface area (Å²) >= 11 is 0. The van der Waals surface area contributed by atoms with Crippen LogP contribution in [0.1, 0.15) is 107 Å². The molecule has 10 aliphatic rings. The van der Waals surface area contributed by atoms with E-state index in [0.717, 1.165) is 0 Å². The second kappa shape index (κ2) is 18.2. The van der Waals surface area contributed by atoms with Crippen LogP contribution >= 0.6 is 0 Å². The summed E-state index contributed by atoms with van der Waals surface area (Å²) in [6, 6.07) is 15.9. The van der Waals surface area contributed by atoms with Crippen molar-refractivity contribution in [3.05, 3.63) is 94.8 Å². The minimum absolute atomic E-state index is 0.00380. The number of nitrogens with one attached hydrogen (secondary N) is 1. The van der Waals surface area contributed by atoms with Crippen LogP contribution in [0.4, 0.5) is 0 Å². The van der Waals surface area contributed by atoms with Crippen molar-refractivity contribution in [3.63, 3.8) is 0 Å². The number of aliphatic hydroxyl groups is 3. The Morgan fingerprint density at radius 2 is 1.51 bits per heavy atom. The van der Waals surface area contributed by atoms with Crippen molar-refractivity contribution in [2.24, 2.45) is 57.7 Å². The van der Waals surface area contributed by atoms with E-state index in [0.29, 0.717) is 45.2 Å².